The molecule has 0 saturated carbocycles. The summed E-state index contributed by atoms with van der Waals surface area (Å²) in [5.74, 6) is -3.06. The molecule has 0 aliphatic rings. The smallest absolute Gasteiger partial charge is 0.268 e. The van der Waals surface area contributed by atoms with E-state index in [0.29, 0.717) is 5.70 Å². The first kappa shape index (κ1) is 19.2. The number of hydrogen-bond acceptors (Lipinski definition) is 1. The van der Waals surface area contributed by atoms with E-state index in [1.54, 1.807) is 12.2 Å². The lowest BCUT2D eigenvalue weighted by molar-refractivity contribution is 0.0336. The van der Waals surface area contributed by atoms with Crippen molar-refractivity contribution in [1.29, 1.82) is 0 Å². The molecule has 0 amide bonds. The van der Waals surface area contributed by atoms with Gasteiger partial charge in [0, 0.05) is 18.0 Å². The Morgan fingerprint density at radius 3 is 2.00 bits per heavy atom. The van der Waals surface area contributed by atoms with E-state index in [9.17, 15) is 8.78 Å². The summed E-state index contributed by atoms with van der Waals surface area (Å²) in [6.45, 7) is 14.5. The highest BCUT2D eigenvalue weighted by atomic mass is 19.3. The van der Waals surface area contributed by atoms with Gasteiger partial charge in [-0.05, 0) is 18.9 Å². The summed E-state index contributed by atoms with van der Waals surface area (Å²) in [7, 11) is 0. The summed E-state index contributed by atoms with van der Waals surface area (Å²) < 4.78 is 26.4. The average molecular weight is 259 g/mol. The van der Waals surface area contributed by atoms with E-state index < -0.39 is 5.92 Å². The molecule has 0 aromatic carbocycles. The maximum absolute atomic E-state index is 13.2. The molecule has 106 valence electrons. The zero-order valence-corrected chi connectivity index (χ0v) is 12.1. The summed E-state index contributed by atoms with van der Waals surface area (Å²) in [5.41, 5.74) is 5.83. The summed E-state index contributed by atoms with van der Waals surface area (Å²) in [5, 5.41) is 0. The van der Waals surface area contributed by atoms with Gasteiger partial charge in [0.05, 0.1) is 0 Å². The van der Waals surface area contributed by atoms with Crippen LogP contribution in [0.4, 0.5) is 8.78 Å². The van der Waals surface area contributed by atoms with Crippen LogP contribution in [0.15, 0.2) is 36.6 Å². The Hall–Kier alpha value is -1.12. The van der Waals surface area contributed by atoms with Crippen LogP contribution in [0.25, 0.3) is 0 Å². The number of allylic oxidation sites excluding steroid dienone is 3. The Balaban J connectivity index is 0. The third-order valence-corrected chi connectivity index (χ3v) is 2.33. The van der Waals surface area contributed by atoms with Gasteiger partial charge in [0.25, 0.3) is 5.92 Å². The summed E-state index contributed by atoms with van der Waals surface area (Å²) >= 11 is 0. The number of alkyl halides is 2. The van der Waals surface area contributed by atoms with E-state index in [2.05, 4.69) is 27.0 Å². The molecule has 0 aromatic rings. The first-order valence-corrected chi connectivity index (χ1v) is 6.39. The minimum atomic E-state index is -2.81. The highest BCUT2D eigenvalue weighted by Crippen LogP contribution is 2.32. The van der Waals surface area contributed by atoms with Crippen molar-refractivity contribution in [3.8, 4) is 0 Å². The third kappa shape index (κ3) is 8.04. The molecule has 0 aromatic heterocycles. The second-order valence-corrected chi connectivity index (χ2v) is 4.28. The van der Waals surface area contributed by atoms with Gasteiger partial charge in [0.15, 0.2) is 0 Å². The molecule has 0 saturated heterocycles. The largest absolute Gasteiger partial charge is 0.402 e. The molecule has 1 nitrogen and oxygen atoms in total. The van der Waals surface area contributed by atoms with Gasteiger partial charge in [-0.2, -0.15) is 0 Å². The van der Waals surface area contributed by atoms with E-state index in [1.807, 2.05) is 6.92 Å². The van der Waals surface area contributed by atoms with Crippen molar-refractivity contribution in [2.24, 2.45) is 11.7 Å². The van der Waals surface area contributed by atoms with Gasteiger partial charge >= 0.3 is 0 Å². The lowest BCUT2D eigenvalue weighted by atomic mass is 9.93. The van der Waals surface area contributed by atoms with Crippen LogP contribution >= 0.6 is 0 Å². The molecule has 0 fully saturated rings. The molecular weight excluding hydrogens is 232 g/mol. The molecule has 0 heterocycles. The third-order valence-electron chi connectivity index (χ3n) is 2.33. The van der Waals surface area contributed by atoms with Crippen LogP contribution in [-0.2, 0) is 0 Å². The highest BCUT2D eigenvalue weighted by Gasteiger charge is 2.31. The van der Waals surface area contributed by atoms with Crippen LogP contribution in [0, 0.1) is 5.92 Å². The Kier molecular flexibility index (Phi) is 10.5. The molecule has 0 aliphatic carbocycles. The summed E-state index contributed by atoms with van der Waals surface area (Å²) in [6, 6.07) is 0. The van der Waals surface area contributed by atoms with Crippen LogP contribution in [0.2, 0.25) is 0 Å². The maximum Gasteiger partial charge on any atom is 0.268 e. The van der Waals surface area contributed by atoms with Crippen molar-refractivity contribution >= 4 is 0 Å². The molecular formula is C15H27F2N. The van der Waals surface area contributed by atoms with Gasteiger partial charge < -0.3 is 5.73 Å². The fourth-order valence-electron chi connectivity index (χ4n) is 1.22. The Morgan fingerprint density at radius 1 is 1.28 bits per heavy atom. The molecule has 2 N–H and O–H groups in total. The van der Waals surface area contributed by atoms with Gasteiger partial charge in [0.1, 0.15) is 0 Å². The number of halogens is 2. The first-order chi connectivity index (χ1) is 8.26. The lowest BCUT2D eigenvalue weighted by Gasteiger charge is -2.20. The molecule has 1 unspecified atom stereocenters. The van der Waals surface area contributed by atoms with Crippen LogP contribution < -0.4 is 5.73 Å². The fraction of sp³-hybridized carbons (Fsp3) is 0.600. The Morgan fingerprint density at radius 2 is 1.72 bits per heavy atom. The zero-order valence-electron chi connectivity index (χ0n) is 12.1. The van der Waals surface area contributed by atoms with Gasteiger partial charge in [-0.1, -0.05) is 52.5 Å². The van der Waals surface area contributed by atoms with Gasteiger partial charge in [-0.3, -0.25) is 0 Å². The van der Waals surface area contributed by atoms with Crippen molar-refractivity contribution < 1.29 is 8.78 Å². The second-order valence-electron chi connectivity index (χ2n) is 4.28. The van der Waals surface area contributed by atoms with E-state index >= 15 is 0 Å². The van der Waals surface area contributed by atoms with Crippen LogP contribution in [0.3, 0.4) is 0 Å². The van der Waals surface area contributed by atoms with E-state index in [1.165, 1.54) is 13.3 Å². The van der Waals surface area contributed by atoms with Crippen molar-refractivity contribution in [2.75, 3.05) is 0 Å². The van der Waals surface area contributed by atoms with Gasteiger partial charge in [-0.15, -0.1) is 0 Å². The molecule has 1 atom stereocenters. The molecule has 0 spiro atoms. The van der Waals surface area contributed by atoms with Crippen molar-refractivity contribution in [3.63, 3.8) is 0 Å². The lowest BCUT2D eigenvalue weighted by Crippen LogP contribution is -2.20. The van der Waals surface area contributed by atoms with E-state index in [0.717, 1.165) is 0 Å². The molecule has 0 aliphatic heterocycles. The zero-order chi connectivity index (χ0) is 14.8. The molecule has 3 heteroatoms. The van der Waals surface area contributed by atoms with E-state index in [4.69, 9.17) is 5.73 Å². The molecule has 18 heavy (non-hydrogen) atoms. The Bertz CT molecular complexity index is 280. The minimum absolute atomic E-state index is 0.0836. The number of hydrogen-bond donors (Lipinski definition) is 1. The maximum atomic E-state index is 13.2. The average Bonchev–Trinajstić information content (AvgIpc) is 2.29. The van der Waals surface area contributed by atoms with E-state index in [-0.39, 0.29) is 24.3 Å². The van der Waals surface area contributed by atoms with Gasteiger partial charge in [0.2, 0.25) is 0 Å². The van der Waals surface area contributed by atoms with Crippen LogP contribution in [0.5, 0.6) is 0 Å². The topological polar surface area (TPSA) is 26.0 Å². The molecule has 0 bridgehead atoms. The van der Waals surface area contributed by atoms with Crippen LogP contribution in [0.1, 0.15) is 47.0 Å². The van der Waals surface area contributed by atoms with Crippen LogP contribution in [-0.4, -0.2) is 5.92 Å². The quantitative estimate of drug-likeness (QED) is 0.663. The first-order valence-electron chi connectivity index (χ1n) is 6.39. The SMILES string of the molecule is C=C(N)C(/C=C\C)CC(=C)C(F)(F)CC.CCC. The predicted molar refractivity (Wildman–Crippen MR) is 76.6 cm³/mol. The second kappa shape index (κ2) is 9.86. The van der Waals surface area contributed by atoms with Crippen molar-refractivity contribution in [3.05, 3.63) is 36.6 Å². The van der Waals surface area contributed by atoms with Gasteiger partial charge in [-0.25, -0.2) is 8.78 Å². The Labute approximate surface area is 110 Å². The molecule has 0 rings (SSSR count). The minimum Gasteiger partial charge on any atom is -0.402 e. The normalized spacial score (nSPS) is 12.8. The summed E-state index contributed by atoms with van der Waals surface area (Å²) in [4.78, 5) is 0. The predicted octanol–water partition coefficient (Wildman–Crippen LogP) is 5.06. The number of rotatable bonds is 6. The fourth-order valence-corrected chi connectivity index (χ4v) is 1.22. The van der Waals surface area contributed by atoms with Crippen molar-refractivity contribution in [2.45, 2.75) is 52.9 Å². The van der Waals surface area contributed by atoms with Crippen molar-refractivity contribution in [1.82, 2.24) is 0 Å². The highest BCUT2D eigenvalue weighted by molar-refractivity contribution is 5.16. The standard InChI is InChI=1S/C12H19F2N.C3H8/c1-5-7-11(10(4)15)8-9(3)12(13,14)6-2;1-3-2/h5,7,11H,3-4,6,8,15H2,1-2H3;3H2,1-2H3/b7-5-;. The monoisotopic (exact) mass is 259 g/mol. The molecule has 0 radical (unpaired) electrons. The summed E-state index contributed by atoms with van der Waals surface area (Å²) in [6.07, 6.45) is 4.71. The number of nitrogens with two attached hydrogens (primary N) is 1.